The molecule has 118 valence electrons. The molecular formula is C18H17FN2O2. The number of benzene rings is 2. The quantitative estimate of drug-likeness (QED) is 0.877. The third-order valence-electron chi connectivity index (χ3n) is 3.84. The predicted molar refractivity (Wildman–Crippen MR) is 87.0 cm³/mol. The van der Waals surface area contributed by atoms with Gasteiger partial charge in [-0.3, -0.25) is 4.79 Å². The number of amides is 1. The van der Waals surface area contributed by atoms with Gasteiger partial charge in [0.1, 0.15) is 6.17 Å². The van der Waals surface area contributed by atoms with Crippen LogP contribution in [-0.4, -0.2) is 24.5 Å². The van der Waals surface area contributed by atoms with E-state index in [-0.39, 0.29) is 11.7 Å². The van der Waals surface area contributed by atoms with Gasteiger partial charge in [-0.15, -0.1) is 6.58 Å². The number of carbonyl (C=O) groups excluding carboxylic acids is 1. The summed E-state index contributed by atoms with van der Waals surface area (Å²) in [4.78, 5) is 14.3. The fourth-order valence-electron chi connectivity index (χ4n) is 2.74. The number of methoxy groups -OCH3 is 1. The smallest absolute Gasteiger partial charge is 0.258 e. The summed E-state index contributed by atoms with van der Waals surface area (Å²) in [7, 11) is 1.42. The van der Waals surface area contributed by atoms with Crippen LogP contribution in [0.5, 0.6) is 5.75 Å². The van der Waals surface area contributed by atoms with Crippen molar-refractivity contribution in [1.29, 1.82) is 0 Å². The second kappa shape index (κ2) is 6.12. The van der Waals surface area contributed by atoms with Crippen LogP contribution in [0.25, 0.3) is 0 Å². The molecule has 0 saturated carbocycles. The fourth-order valence-corrected chi connectivity index (χ4v) is 2.74. The van der Waals surface area contributed by atoms with Crippen LogP contribution in [0, 0.1) is 5.82 Å². The van der Waals surface area contributed by atoms with Crippen molar-refractivity contribution in [2.45, 2.75) is 6.17 Å². The van der Waals surface area contributed by atoms with E-state index in [0.717, 1.165) is 5.69 Å². The number of hydrogen-bond acceptors (Lipinski definition) is 3. The Hall–Kier alpha value is -2.82. The minimum Gasteiger partial charge on any atom is -0.494 e. The van der Waals surface area contributed by atoms with E-state index in [9.17, 15) is 9.18 Å². The number of ether oxygens (including phenoxy) is 1. The Kier molecular flexibility index (Phi) is 4.02. The molecule has 0 bridgehead atoms. The number of para-hydroxylation sites is 1. The number of nitrogens with one attached hydrogen (secondary N) is 1. The molecule has 23 heavy (non-hydrogen) atoms. The third-order valence-corrected chi connectivity index (χ3v) is 3.84. The maximum Gasteiger partial charge on any atom is 0.258 e. The molecule has 1 unspecified atom stereocenters. The normalized spacial score (nSPS) is 16.5. The molecule has 1 heterocycles. The summed E-state index contributed by atoms with van der Waals surface area (Å²) in [6.07, 6.45) is 1.19. The molecule has 1 aliphatic heterocycles. The van der Waals surface area contributed by atoms with Crippen LogP contribution < -0.4 is 10.1 Å². The molecule has 2 aromatic carbocycles. The highest BCUT2D eigenvalue weighted by molar-refractivity contribution is 6.01. The van der Waals surface area contributed by atoms with Crippen molar-refractivity contribution in [2.24, 2.45) is 0 Å². The van der Waals surface area contributed by atoms with Crippen molar-refractivity contribution in [3.05, 3.63) is 72.1 Å². The molecule has 1 amide bonds. The molecule has 1 N–H and O–H groups in total. The molecule has 0 aromatic heterocycles. The Balaban J connectivity index is 2.04. The zero-order valence-electron chi connectivity index (χ0n) is 12.8. The first-order chi connectivity index (χ1) is 11.2. The summed E-state index contributed by atoms with van der Waals surface area (Å²) in [5, 5.41) is 3.29. The van der Waals surface area contributed by atoms with Crippen LogP contribution in [0.1, 0.15) is 22.1 Å². The van der Waals surface area contributed by atoms with E-state index in [1.165, 1.54) is 13.2 Å². The van der Waals surface area contributed by atoms with Crippen LogP contribution in [0.15, 0.2) is 55.1 Å². The van der Waals surface area contributed by atoms with Crippen LogP contribution in [-0.2, 0) is 0 Å². The average molecular weight is 312 g/mol. The largest absolute Gasteiger partial charge is 0.494 e. The number of hydrogen-bond donors (Lipinski definition) is 1. The van der Waals surface area contributed by atoms with Crippen molar-refractivity contribution in [3.63, 3.8) is 0 Å². The Morgan fingerprint density at radius 2 is 2.13 bits per heavy atom. The summed E-state index contributed by atoms with van der Waals surface area (Å²) in [5.74, 6) is -0.399. The van der Waals surface area contributed by atoms with Gasteiger partial charge < -0.3 is 15.0 Å². The summed E-state index contributed by atoms with van der Waals surface area (Å²) in [5.41, 5.74) is 1.98. The zero-order valence-corrected chi connectivity index (χ0v) is 12.8. The van der Waals surface area contributed by atoms with Crippen molar-refractivity contribution < 1.29 is 13.9 Å². The molecule has 1 atom stereocenters. The Labute approximate surface area is 134 Å². The highest BCUT2D eigenvalue weighted by Gasteiger charge is 2.32. The van der Waals surface area contributed by atoms with Crippen LogP contribution in [0.4, 0.5) is 10.1 Å². The third kappa shape index (κ3) is 2.65. The fraction of sp³-hybridized carbons (Fsp3) is 0.167. The molecule has 2 aromatic rings. The van der Waals surface area contributed by atoms with Gasteiger partial charge in [0.2, 0.25) is 0 Å². The molecule has 0 aliphatic carbocycles. The van der Waals surface area contributed by atoms with E-state index in [2.05, 4.69) is 11.9 Å². The number of nitrogens with zero attached hydrogens (tertiary/aromatic N) is 1. The lowest BCUT2D eigenvalue weighted by molar-refractivity contribution is 0.0707. The van der Waals surface area contributed by atoms with Gasteiger partial charge >= 0.3 is 0 Å². The molecule has 0 radical (unpaired) electrons. The Bertz CT molecular complexity index is 760. The van der Waals surface area contributed by atoms with Gasteiger partial charge in [-0.05, 0) is 29.8 Å². The second-order valence-corrected chi connectivity index (χ2v) is 5.23. The van der Waals surface area contributed by atoms with Crippen molar-refractivity contribution in [3.8, 4) is 5.75 Å². The van der Waals surface area contributed by atoms with E-state index in [1.54, 1.807) is 29.2 Å². The molecule has 0 fully saturated rings. The van der Waals surface area contributed by atoms with Gasteiger partial charge in [-0.25, -0.2) is 4.39 Å². The standard InChI is InChI=1S/C18H17FN2O2/c1-3-10-21-17(12-8-9-16(23-2)14(19)11-12)20-15-7-5-4-6-13(15)18(21)22/h3-9,11,17,20H,1,10H2,2H3. The van der Waals surface area contributed by atoms with Crippen LogP contribution in [0.2, 0.25) is 0 Å². The van der Waals surface area contributed by atoms with Crippen molar-refractivity contribution >= 4 is 11.6 Å². The van der Waals surface area contributed by atoms with Crippen LogP contribution in [0.3, 0.4) is 0 Å². The van der Waals surface area contributed by atoms with E-state index < -0.39 is 12.0 Å². The Morgan fingerprint density at radius 1 is 1.35 bits per heavy atom. The highest BCUT2D eigenvalue weighted by atomic mass is 19.1. The van der Waals surface area contributed by atoms with Gasteiger partial charge in [-0.2, -0.15) is 0 Å². The number of anilines is 1. The minimum absolute atomic E-state index is 0.111. The van der Waals surface area contributed by atoms with Crippen molar-refractivity contribution in [2.75, 3.05) is 19.0 Å². The predicted octanol–water partition coefficient (Wildman–Crippen LogP) is 3.59. The highest BCUT2D eigenvalue weighted by Crippen LogP contribution is 2.34. The van der Waals surface area contributed by atoms with Crippen LogP contribution >= 0.6 is 0 Å². The van der Waals surface area contributed by atoms with E-state index in [4.69, 9.17) is 4.74 Å². The summed E-state index contributed by atoms with van der Waals surface area (Å²) >= 11 is 0. The molecule has 0 saturated heterocycles. The molecule has 5 heteroatoms. The first kappa shape index (κ1) is 15.1. The second-order valence-electron chi connectivity index (χ2n) is 5.23. The van der Waals surface area contributed by atoms with E-state index in [1.807, 2.05) is 18.2 Å². The molecule has 3 rings (SSSR count). The van der Waals surface area contributed by atoms with Gasteiger partial charge in [0.25, 0.3) is 5.91 Å². The Morgan fingerprint density at radius 3 is 2.83 bits per heavy atom. The first-order valence-corrected chi connectivity index (χ1v) is 7.26. The molecule has 0 spiro atoms. The lowest BCUT2D eigenvalue weighted by Crippen LogP contribution is -2.43. The molecule has 4 nitrogen and oxygen atoms in total. The summed E-state index contributed by atoms with van der Waals surface area (Å²) < 4.78 is 19.0. The lowest BCUT2D eigenvalue weighted by atomic mass is 10.0. The van der Waals surface area contributed by atoms with E-state index in [0.29, 0.717) is 17.7 Å². The number of carbonyl (C=O) groups is 1. The lowest BCUT2D eigenvalue weighted by Gasteiger charge is -2.37. The maximum atomic E-state index is 14.0. The summed E-state index contributed by atoms with van der Waals surface area (Å²) in [6, 6.07) is 12.0. The maximum absolute atomic E-state index is 14.0. The van der Waals surface area contributed by atoms with E-state index >= 15 is 0 Å². The zero-order chi connectivity index (χ0) is 16.4. The number of fused-ring (bicyclic) bond motifs is 1. The first-order valence-electron chi connectivity index (χ1n) is 7.26. The number of halogens is 1. The van der Waals surface area contributed by atoms with Gasteiger partial charge in [-0.1, -0.05) is 24.3 Å². The number of rotatable bonds is 4. The molecule has 1 aliphatic rings. The van der Waals surface area contributed by atoms with Crippen molar-refractivity contribution in [1.82, 2.24) is 4.90 Å². The van der Waals surface area contributed by atoms with Gasteiger partial charge in [0.15, 0.2) is 11.6 Å². The molecular weight excluding hydrogens is 295 g/mol. The SMILES string of the molecule is C=CCN1C(=O)c2ccccc2NC1c1ccc(OC)c(F)c1. The minimum atomic E-state index is -0.462. The topological polar surface area (TPSA) is 41.6 Å². The monoisotopic (exact) mass is 312 g/mol. The summed E-state index contributed by atoms with van der Waals surface area (Å²) in [6.45, 7) is 4.06. The van der Waals surface area contributed by atoms with Gasteiger partial charge in [0, 0.05) is 12.2 Å². The average Bonchev–Trinajstić information content (AvgIpc) is 2.57. The van der Waals surface area contributed by atoms with Gasteiger partial charge in [0.05, 0.1) is 12.7 Å².